The largest absolute Gasteiger partial charge is 0.494 e. The standard InChI is InChI=1S/C27H28F2N6O3/c1-37-19-13-20(38-2)24(29)22(23(19)28)17-4-5-18(26-25(17)31-7-8-32-26)27(36)34-21-6-3-16(14-33-21)15-35-11-9-30-10-12-35/h3-6,13-14,30H,7-12,15H2,1-2H3,(H,33,34,36). The molecule has 5 rings (SSSR count). The fourth-order valence-corrected chi connectivity index (χ4v) is 4.63. The van der Waals surface area contributed by atoms with Gasteiger partial charge in [-0.3, -0.25) is 19.7 Å². The first-order chi connectivity index (χ1) is 18.5. The molecular formula is C27H28F2N6O3. The Labute approximate surface area is 218 Å². The minimum Gasteiger partial charge on any atom is -0.494 e. The van der Waals surface area contributed by atoms with Crippen molar-refractivity contribution in [3.8, 4) is 22.6 Å². The molecule has 0 aliphatic carbocycles. The molecule has 11 heteroatoms. The van der Waals surface area contributed by atoms with E-state index < -0.39 is 17.5 Å². The normalized spacial score (nSPS) is 15.2. The van der Waals surface area contributed by atoms with E-state index in [0.29, 0.717) is 18.9 Å². The van der Waals surface area contributed by atoms with Gasteiger partial charge in [-0.25, -0.2) is 13.8 Å². The second kappa shape index (κ2) is 11.2. The minimum absolute atomic E-state index is 0.155. The molecule has 3 heterocycles. The second-order valence-electron chi connectivity index (χ2n) is 8.94. The number of aromatic nitrogens is 1. The van der Waals surface area contributed by atoms with E-state index in [9.17, 15) is 4.79 Å². The van der Waals surface area contributed by atoms with Crippen molar-refractivity contribution in [3.63, 3.8) is 0 Å². The highest BCUT2D eigenvalue weighted by Crippen LogP contribution is 2.36. The fraction of sp³-hybridized carbons (Fsp3) is 0.333. The van der Waals surface area contributed by atoms with Crippen LogP contribution >= 0.6 is 0 Å². The lowest BCUT2D eigenvalue weighted by Gasteiger charge is -2.27. The molecule has 1 fully saturated rings. The third kappa shape index (κ3) is 5.07. The number of piperazine rings is 1. The zero-order valence-corrected chi connectivity index (χ0v) is 21.2. The number of fused-ring (bicyclic) bond motifs is 1. The van der Waals surface area contributed by atoms with Crippen LogP contribution in [0.4, 0.5) is 14.6 Å². The highest BCUT2D eigenvalue weighted by molar-refractivity contribution is 6.03. The van der Waals surface area contributed by atoms with Gasteiger partial charge in [0.25, 0.3) is 5.91 Å². The number of nitrogens with zero attached hydrogens (tertiary/aromatic N) is 4. The molecule has 0 atom stereocenters. The van der Waals surface area contributed by atoms with E-state index in [-0.39, 0.29) is 38.9 Å². The molecule has 0 unspecified atom stereocenters. The lowest BCUT2D eigenvalue weighted by atomic mass is 9.99. The summed E-state index contributed by atoms with van der Waals surface area (Å²) in [5, 5.41) is 6.62. The van der Waals surface area contributed by atoms with Gasteiger partial charge >= 0.3 is 0 Å². The van der Waals surface area contributed by atoms with Gasteiger partial charge in [0, 0.05) is 50.6 Å². The van der Waals surface area contributed by atoms with E-state index >= 15 is 8.78 Å². The summed E-state index contributed by atoms with van der Waals surface area (Å²) >= 11 is 0. The van der Waals surface area contributed by atoms with Gasteiger partial charge in [0.1, 0.15) is 5.82 Å². The Morgan fingerprint density at radius 3 is 2.32 bits per heavy atom. The summed E-state index contributed by atoms with van der Waals surface area (Å²) in [5.41, 5.74) is 1.09. The van der Waals surface area contributed by atoms with Crippen molar-refractivity contribution in [2.24, 2.45) is 9.98 Å². The summed E-state index contributed by atoms with van der Waals surface area (Å²) < 4.78 is 40.6. The predicted octanol–water partition coefficient (Wildman–Crippen LogP) is 1.95. The molecule has 1 aromatic heterocycles. The molecule has 38 heavy (non-hydrogen) atoms. The molecular weight excluding hydrogens is 494 g/mol. The topological polar surface area (TPSA) is 100 Å². The Hall–Kier alpha value is -3.96. The second-order valence-corrected chi connectivity index (χ2v) is 8.94. The van der Waals surface area contributed by atoms with Crippen LogP contribution < -0.4 is 30.8 Å². The maximum Gasteiger partial charge on any atom is 0.259 e. The zero-order chi connectivity index (χ0) is 26.6. The van der Waals surface area contributed by atoms with Gasteiger partial charge in [-0.2, -0.15) is 0 Å². The number of anilines is 1. The lowest BCUT2D eigenvalue weighted by molar-refractivity contribution is 0.102. The maximum absolute atomic E-state index is 15.2. The molecule has 0 radical (unpaired) electrons. The van der Waals surface area contributed by atoms with Crippen LogP contribution in [0, 0.1) is 11.6 Å². The van der Waals surface area contributed by atoms with Crippen LogP contribution in [0.2, 0.25) is 0 Å². The Morgan fingerprint density at radius 1 is 1.00 bits per heavy atom. The summed E-state index contributed by atoms with van der Waals surface area (Å²) in [7, 11) is 2.57. The number of ether oxygens (including phenoxy) is 2. The van der Waals surface area contributed by atoms with Crippen LogP contribution in [0.5, 0.6) is 11.5 Å². The summed E-state index contributed by atoms with van der Waals surface area (Å²) in [6.45, 7) is 5.35. The number of amides is 1. The number of benzene rings is 2. The molecule has 3 aromatic rings. The number of hydrogen-bond donors (Lipinski definition) is 2. The number of methoxy groups -OCH3 is 2. The van der Waals surface area contributed by atoms with E-state index in [2.05, 4.69) is 30.5 Å². The van der Waals surface area contributed by atoms with Gasteiger partial charge in [-0.1, -0.05) is 12.1 Å². The molecule has 0 saturated carbocycles. The van der Waals surface area contributed by atoms with Crippen molar-refractivity contribution in [2.75, 3.05) is 58.8 Å². The Morgan fingerprint density at radius 2 is 1.68 bits per heavy atom. The van der Waals surface area contributed by atoms with E-state index in [4.69, 9.17) is 9.47 Å². The Bertz CT molecular complexity index is 1450. The molecule has 9 nitrogen and oxygen atoms in total. The number of rotatable bonds is 7. The van der Waals surface area contributed by atoms with Gasteiger partial charge in [0.15, 0.2) is 23.1 Å². The number of hydrogen-bond acceptors (Lipinski definition) is 8. The van der Waals surface area contributed by atoms with Crippen molar-refractivity contribution in [1.82, 2.24) is 15.2 Å². The van der Waals surface area contributed by atoms with E-state index in [0.717, 1.165) is 44.4 Å². The van der Waals surface area contributed by atoms with Crippen LogP contribution in [0.15, 0.2) is 46.5 Å². The Kier molecular flexibility index (Phi) is 7.57. The molecule has 0 spiro atoms. The highest BCUT2D eigenvalue weighted by Gasteiger charge is 2.25. The molecule has 2 aliphatic rings. The monoisotopic (exact) mass is 522 g/mol. The van der Waals surface area contributed by atoms with Crippen molar-refractivity contribution >= 4 is 11.7 Å². The number of carbonyl (C=O) groups excluding carboxylic acids is 1. The summed E-state index contributed by atoms with van der Waals surface area (Å²) in [6.07, 6.45) is 1.75. The quantitative estimate of drug-likeness (QED) is 0.492. The first-order valence-electron chi connectivity index (χ1n) is 12.3. The smallest absolute Gasteiger partial charge is 0.259 e. The third-order valence-corrected chi connectivity index (χ3v) is 6.56. The van der Waals surface area contributed by atoms with Crippen molar-refractivity contribution in [3.05, 3.63) is 70.0 Å². The van der Waals surface area contributed by atoms with E-state index in [1.807, 2.05) is 6.07 Å². The SMILES string of the molecule is COc1cc(OC)c(F)c(-c2ccc(C(=O)Nc3ccc(CN4CCNCC4)cn3)c3c2=NCCN=3)c1F. The number of halogens is 2. The van der Waals surface area contributed by atoms with Gasteiger partial charge in [-0.05, 0) is 17.7 Å². The molecule has 0 bridgehead atoms. The number of carbonyl (C=O) groups is 1. The van der Waals surface area contributed by atoms with E-state index in [1.165, 1.54) is 26.4 Å². The van der Waals surface area contributed by atoms with Crippen LogP contribution in [0.25, 0.3) is 11.1 Å². The highest BCUT2D eigenvalue weighted by atomic mass is 19.1. The summed E-state index contributed by atoms with van der Waals surface area (Å²) in [6, 6.07) is 7.78. The first-order valence-corrected chi connectivity index (χ1v) is 12.3. The van der Waals surface area contributed by atoms with Gasteiger partial charge in [-0.15, -0.1) is 0 Å². The first kappa shape index (κ1) is 25.7. The lowest BCUT2D eigenvalue weighted by Crippen LogP contribution is -2.42. The zero-order valence-electron chi connectivity index (χ0n) is 21.2. The number of nitrogens with one attached hydrogen (secondary N) is 2. The van der Waals surface area contributed by atoms with Crippen LogP contribution in [-0.4, -0.2) is 69.3 Å². The van der Waals surface area contributed by atoms with Crippen LogP contribution in [-0.2, 0) is 6.54 Å². The molecule has 198 valence electrons. The van der Waals surface area contributed by atoms with Crippen molar-refractivity contribution in [1.29, 1.82) is 0 Å². The minimum atomic E-state index is -0.893. The number of pyridine rings is 1. The molecule has 1 amide bonds. The maximum atomic E-state index is 15.2. The van der Waals surface area contributed by atoms with E-state index in [1.54, 1.807) is 12.3 Å². The molecule has 2 N–H and O–H groups in total. The third-order valence-electron chi connectivity index (χ3n) is 6.56. The summed E-state index contributed by atoms with van der Waals surface area (Å²) in [5.74, 6) is -2.19. The molecule has 1 saturated heterocycles. The van der Waals surface area contributed by atoms with Crippen molar-refractivity contribution in [2.45, 2.75) is 6.54 Å². The van der Waals surface area contributed by atoms with Crippen LogP contribution in [0.1, 0.15) is 15.9 Å². The van der Waals surface area contributed by atoms with Gasteiger partial charge < -0.3 is 20.1 Å². The predicted molar refractivity (Wildman–Crippen MR) is 137 cm³/mol. The molecule has 2 aromatic carbocycles. The van der Waals surface area contributed by atoms with Crippen molar-refractivity contribution < 1.29 is 23.0 Å². The van der Waals surface area contributed by atoms with Gasteiger partial charge in [0.2, 0.25) is 0 Å². The Balaban J connectivity index is 1.45. The fourth-order valence-electron chi connectivity index (χ4n) is 4.63. The molecule has 2 aliphatic heterocycles. The van der Waals surface area contributed by atoms with Gasteiger partial charge in [0.05, 0.1) is 49.2 Å². The average Bonchev–Trinajstić information content (AvgIpc) is 2.95. The van der Waals surface area contributed by atoms with Crippen LogP contribution in [0.3, 0.4) is 0 Å². The summed E-state index contributed by atoms with van der Waals surface area (Å²) in [4.78, 5) is 28.9. The average molecular weight is 523 g/mol.